The first-order valence-corrected chi connectivity index (χ1v) is 6.40. The van der Waals surface area contributed by atoms with Gasteiger partial charge in [-0.05, 0) is 43.7 Å². The summed E-state index contributed by atoms with van der Waals surface area (Å²) in [5, 5.41) is 0. The highest BCUT2D eigenvalue weighted by molar-refractivity contribution is 5.39. The molecule has 0 heterocycles. The molecule has 0 radical (unpaired) electrons. The SMILES string of the molecule is Cc1ccc([C@H](C)N)c(OCc2cc(F)ccc2F)c1. The van der Waals surface area contributed by atoms with Crippen LogP contribution in [0.2, 0.25) is 0 Å². The molecule has 0 fully saturated rings. The molecule has 0 spiro atoms. The summed E-state index contributed by atoms with van der Waals surface area (Å²) < 4.78 is 32.3. The van der Waals surface area contributed by atoms with Crippen LogP contribution in [0.5, 0.6) is 5.75 Å². The summed E-state index contributed by atoms with van der Waals surface area (Å²) in [5.74, 6) is -0.369. The van der Waals surface area contributed by atoms with Crippen LogP contribution in [0.1, 0.15) is 29.7 Å². The third kappa shape index (κ3) is 3.33. The molecule has 106 valence electrons. The van der Waals surface area contributed by atoms with Gasteiger partial charge in [-0.3, -0.25) is 0 Å². The molecule has 0 unspecified atom stereocenters. The molecule has 2 rings (SSSR count). The third-order valence-corrected chi connectivity index (χ3v) is 3.05. The highest BCUT2D eigenvalue weighted by Crippen LogP contribution is 2.26. The Morgan fingerprint density at radius 3 is 2.60 bits per heavy atom. The van der Waals surface area contributed by atoms with Crippen LogP contribution >= 0.6 is 0 Å². The zero-order chi connectivity index (χ0) is 14.7. The van der Waals surface area contributed by atoms with Gasteiger partial charge < -0.3 is 10.5 Å². The fourth-order valence-electron chi connectivity index (χ4n) is 1.95. The van der Waals surface area contributed by atoms with Gasteiger partial charge in [0.2, 0.25) is 0 Å². The Morgan fingerprint density at radius 2 is 1.90 bits per heavy atom. The van der Waals surface area contributed by atoms with Crippen molar-refractivity contribution < 1.29 is 13.5 Å². The van der Waals surface area contributed by atoms with E-state index in [0.717, 1.165) is 29.3 Å². The summed E-state index contributed by atoms with van der Waals surface area (Å²) in [6.45, 7) is 3.74. The summed E-state index contributed by atoms with van der Waals surface area (Å²) in [5.41, 5.74) is 7.91. The van der Waals surface area contributed by atoms with Crippen molar-refractivity contribution in [2.45, 2.75) is 26.5 Å². The minimum Gasteiger partial charge on any atom is -0.488 e. The van der Waals surface area contributed by atoms with E-state index in [1.54, 1.807) is 0 Å². The lowest BCUT2D eigenvalue weighted by atomic mass is 10.1. The lowest BCUT2D eigenvalue weighted by Gasteiger charge is -2.15. The molecular formula is C16H17F2NO. The monoisotopic (exact) mass is 277 g/mol. The van der Waals surface area contributed by atoms with Crippen molar-refractivity contribution in [1.82, 2.24) is 0 Å². The van der Waals surface area contributed by atoms with Gasteiger partial charge in [-0.15, -0.1) is 0 Å². The number of nitrogens with two attached hydrogens (primary N) is 1. The van der Waals surface area contributed by atoms with Crippen LogP contribution in [0.4, 0.5) is 8.78 Å². The van der Waals surface area contributed by atoms with E-state index in [2.05, 4.69) is 0 Å². The van der Waals surface area contributed by atoms with E-state index in [1.165, 1.54) is 0 Å². The van der Waals surface area contributed by atoms with E-state index < -0.39 is 11.6 Å². The molecule has 0 aliphatic heterocycles. The maximum atomic E-state index is 13.5. The second-order valence-electron chi connectivity index (χ2n) is 4.85. The van der Waals surface area contributed by atoms with Gasteiger partial charge >= 0.3 is 0 Å². The Morgan fingerprint density at radius 1 is 1.15 bits per heavy atom. The van der Waals surface area contributed by atoms with Crippen LogP contribution < -0.4 is 10.5 Å². The van der Waals surface area contributed by atoms with E-state index in [9.17, 15) is 8.78 Å². The number of rotatable bonds is 4. The van der Waals surface area contributed by atoms with Crippen LogP contribution in [-0.4, -0.2) is 0 Å². The quantitative estimate of drug-likeness (QED) is 0.920. The first-order chi connectivity index (χ1) is 9.47. The average Bonchev–Trinajstić information content (AvgIpc) is 2.39. The van der Waals surface area contributed by atoms with Crippen molar-refractivity contribution in [2.75, 3.05) is 0 Å². The number of ether oxygens (including phenoxy) is 1. The molecule has 2 N–H and O–H groups in total. The van der Waals surface area contributed by atoms with Gasteiger partial charge in [-0.1, -0.05) is 12.1 Å². The van der Waals surface area contributed by atoms with Gasteiger partial charge in [0.05, 0.1) is 0 Å². The van der Waals surface area contributed by atoms with Crippen LogP contribution in [0.3, 0.4) is 0 Å². The van der Waals surface area contributed by atoms with Gasteiger partial charge in [0.25, 0.3) is 0 Å². The largest absolute Gasteiger partial charge is 0.488 e. The fraction of sp³-hybridized carbons (Fsp3) is 0.250. The van der Waals surface area contributed by atoms with Crippen molar-refractivity contribution in [3.05, 3.63) is 64.7 Å². The van der Waals surface area contributed by atoms with Crippen LogP contribution in [0.25, 0.3) is 0 Å². The molecule has 0 saturated heterocycles. The molecule has 1 atom stereocenters. The third-order valence-electron chi connectivity index (χ3n) is 3.05. The molecule has 2 aromatic carbocycles. The zero-order valence-corrected chi connectivity index (χ0v) is 11.5. The van der Waals surface area contributed by atoms with Crippen LogP contribution in [0.15, 0.2) is 36.4 Å². The van der Waals surface area contributed by atoms with Gasteiger partial charge in [0.15, 0.2) is 0 Å². The predicted octanol–water partition coefficient (Wildman–Crippen LogP) is 3.87. The number of aryl methyl sites for hydroxylation is 1. The van der Waals surface area contributed by atoms with E-state index >= 15 is 0 Å². The lowest BCUT2D eigenvalue weighted by Crippen LogP contribution is -2.09. The van der Waals surface area contributed by atoms with E-state index in [4.69, 9.17) is 10.5 Å². The van der Waals surface area contributed by atoms with Gasteiger partial charge in [0.1, 0.15) is 24.0 Å². The molecule has 0 bridgehead atoms. The Bertz CT molecular complexity index is 611. The minimum atomic E-state index is -0.485. The summed E-state index contributed by atoms with van der Waals surface area (Å²) in [6, 6.07) is 8.79. The highest BCUT2D eigenvalue weighted by atomic mass is 19.1. The number of hydrogen-bond donors (Lipinski definition) is 1. The standard InChI is InChI=1S/C16H17F2NO/c1-10-3-5-14(11(2)19)16(7-10)20-9-12-8-13(17)4-6-15(12)18/h3-8,11H,9,19H2,1-2H3/t11-/m0/s1. The molecule has 20 heavy (non-hydrogen) atoms. The molecule has 0 saturated carbocycles. The molecule has 2 nitrogen and oxygen atoms in total. The number of benzene rings is 2. The molecule has 0 aliphatic carbocycles. The Labute approximate surface area is 117 Å². The minimum absolute atomic E-state index is 0.0350. The molecular weight excluding hydrogens is 260 g/mol. The topological polar surface area (TPSA) is 35.2 Å². The summed E-state index contributed by atoms with van der Waals surface area (Å²) in [7, 11) is 0. The molecule has 0 aliphatic rings. The first-order valence-electron chi connectivity index (χ1n) is 6.40. The van der Waals surface area contributed by atoms with Gasteiger partial charge in [-0.2, -0.15) is 0 Å². The van der Waals surface area contributed by atoms with E-state index in [-0.39, 0.29) is 18.2 Å². The van der Waals surface area contributed by atoms with Crippen LogP contribution in [-0.2, 0) is 6.61 Å². The van der Waals surface area contributed by atoms with Gasteiger partial charge in [0, 0.05) is 17.2 Å². The van der Waals surface area contributed by atoms with E-state index in [1.807, 2.05) is 32.0 Å². The Kier molecular flexibility index (Phi) is 4.35. The van der Waals surface area contributed by atoms with Crippen molar-refractivity contribution >= 4 is 0 Å². The maximum Gasteiger partial charge on any atom is 0.130 e. The van der Waals surface area contributed by atoms with Crippen molar-refractivity contribution in [3.8, 4) is 5.75 Å². The summed E-state index contributed by atoms with van der Waals surface area (Å²) in [6.07, 6.45) is 0. The fourth-order valence-corrected chi connectivity index (χ4v) is 1.95. The zero-order valence-electron chi connectivity index (χ0n) is 11.5. The lowest BCUT2D eigenvalue weighted by molar-refractivity contribution is 0.294. The molecule has 0 aromatic heterocycles. The molecule has 2 aromatic rings. The van der Waals surface area contributed by atoms with Crippen molar-refractivity contribution in [2.24, 2.45) is 5.73 Å². The van der Waals surface area contributed by atoms with Crippen molar-refractivity contribution in [3.63, 3.8) is 0 Å². The highest BCUT2D eigenvalue weighted by Gasteiger charge is 2.10. The second-order valence-corrected chi connectivity index (χ2v) is 4.85. The number of halogens is 2. The second kappa shape index (κ2) is 6.01. The smallest absolute Gasteiger partial charge is 0.130 e. The maximum absolute atomic E-state index is 13.5. The van der Waals surface area contributed by atoms with Gasteiger partial charge in [-0.25, -0.2) is 8.78 Å². The Hall–Kier alpha value is -1.94. The molecule has 0 amide bonds. The predicted molar refractivity (Wildman–Crippen MR) is 74.5 cm³/mol. The van der Waals surface area contributed by atoms with Crippen molar-refractivity contribution in [1.29, 1.82) is 0 Å². The number of hydrogen-bond acceptors (Lipinski definition) is 2. The van der Waals surface area contributed by atoms with Crippen LogP contribution in [0, 0.1) is 18.6 Å². The van der Waals surface area contributed by atoms with E-state index in [0.29, 0.717) is 5.75 Å². The first kappa shape index (κ1) is 14.5. The summed E-state index contributed by atoms with van der Waals surface area (Å²) >= 11 is 0. The Balaban J connectivity index is 2.22. The average molecular weight is 277 g/mol. The normalized spacial score (nSPS) is 12.2. The summed E-state index contributed by atoms with van der Waals surface area (Å²) in [4.78, 5) is 0. The molecule has 4 heteroatoms.